The summed E-state index contributed by atoms with van der Waals surface area (Å²) in [5, 5.41) is 3.05. The number of carbonyl (C=O) groups excluding carboxylic acids is 3. The summed E-state index contributed by atoms with van der Waals surface area (Å²) >= 11 is 0. The second-order valence-corrected chi connectivity index (χ2v) is 9.78. The Hall–Kier alpha value is -3.22. The van der Waals surface area contributed by atoms with Gasteiger partial charge in [0.1, 0.15) is 17.6 Å². The molecular weight excluding hydrogens is 428 g/mol. The van der Waals surface area contributed by atoms with Crippen LogP contribution in [0.15, 0.2) is 42.6 Å². The molecule has 1 aromatic heterocycles. The van der Waals surface area contributed by atoms with Crippen LogP contribution in [-0.4, -0.2) is 39.7 Å². The Labute approximate surface area is 201 Å². The fourth-order valence-corrected chi connectivity index (χ4v) is 5.67. The van der Waals surface area contributed by atoms with Gasteiger partial charge in [0.15, 0.2) is 0 Å². The molecule has 3 unspecified atom stereocenters. The van der Waals surface area contributed by atoms with E-state index in [0.29, 0.717) is 31.2 Å². The van der Waals surface area contributed by atoms with Gasteiger partial charge in [0.05, 0.1) is 0 Å². The summed E-state index contributed by atoms with van der Waals surface area (Å²) in [6.07, 6.45) is 4.38. The standard InChI is InChI=1S/C27H34N4O3/c1-5-17(6-2)23-24(32)30-22(20-13-18-9-7-8-10-19(18)14-20)25(33)31(23)27(4,26(28)34)21-12-11-16(3)29-15-21/h7-12,15,17,20,22-23H,5-6,13-14H2,1-4H3,(H2,28,34)(H,30,32). The van der Waals surface area contributed by atoms with Gasteiger partial charge in [-0.2, -0.15) is 0 Å². The van der Waals surface area contributed by atoms with Crippen molar-refractivity contribution < 1.29 is 14.4 Å². The molecule has 0 radical (unpaired) electrons. The number of nitrogens with zero attached hydrogens (tertiary/aromatic N) is 2. The first-order chi connectivity index (χ1) is 16.2. The summed E-state index contributed by atoms with van der Waals surface area (Å²) in [5.74, 6) is -1.33. The average molecular weight is 463 g/mol. The van der Waals surface area contributed by atoms with Crippen LogP contribution in [0.3, 0.4) is 0 Å². The van der Waals surface area contributed by atoms with Crippen molar-refractivity contribution >= 4 is 17.7 Å². The maximum absolute atomic E-state index is 14.2. The van der Waals surface area contributed by atoms with Crippen molar-refractivity contribution in [2.45, 2.75) is 71.0 Å². The second kappa shape index (κ2) is 9.20. The van der Waals surface area contributed by atoms with Crippen molar-refractivity contribution in [1.29, 1.82) is 0 Å². The summed E-state index contributed by atoms with van der Waals surface area (Å²) in [7, 11) is 0. The molecule has 0 bridgehead atoms. The lowest BCUT2D eigenvalue weighted by molar-refractivity contribution is -0.165. The third-order valence-corrected chi connectivity index (χ3v) is 7.83. The van der Waals surface area contributed by atoms with Crippen LogP contribution >= 0.6 is 0 Å². The number of hydrogen-bond acceptors (Lipinski definition) is 4. The van der Waals surface area contributed by atoms with Crippen molar-refractivity contribution in [3.05, 3.63) is 65.0 Å². The molecule has 3 amide bonds. The number of piperazine rings is 1. The van der Waals surface area contributed by atoms with Crippen LogP contribution in [0.25, 0.3) is 0 Å². The van der Waals surface area contributed by atoms with E-state index < -0.39 is 23.5 Å². The fourth-order valence-electron chi connectivity index (χ4n) is 5.67. The Kier molecular flexibility index (Phi) is 6.47. The molecule has 0 spiro atoms. The summed E-state index contributed by atoms with van der Waals surface area (Å²) in [4.78, 5) is 46.8. The highest BCUT2D eigenvalue weighted by Crippen LogP contribution is 2.39. The number of nitrogens with two attached hydrogens (primary N) is 1. The van der Waals surface area contributed by atoms with Gasteiger partial charge < -0.3 is 16.0 Å². The molecule has 4 rings (SSSR count). The second-order valence-electron chi connectivity index (χ2n) is 9.78. The first-order valence-electron chi connectivity index (χ1n) is 12.2. The number of benzene rings is 1. The van der Waals surface area contributed by atoms with Crippen LogP contribution < -0.4 is 11.1 Å². The molecule has 34 heavy (non-hydrogen) atoms. The van der Waals surface area contributed by atoms with Crippen molar-refractivity contribution in [3.63, 3.8) is 0 Å². The number of rotatable bonds is 7. The maximum Gasteiger partial charge on any atom is 0.247 e. The van der Waals surface area contributed by atoms with Gasteiger partial charge in [-0.05, 0) is 55.7 Å². The predicted octanol–water partition coefficient (Wildman–Crippen LogP) is 2.64. The SMILES string of the molecule is CCC(CC)C1C(=O)NC(C2Cc3ccccc3C2)C(=O)N1C(C)(C(N)=O)c1ccc(C)nc1. The lowest BCUT2D eigenvalue weighted by Crippen LogP contribution is -2.73. The molecule has 2 aliphatic rings. The van der Waals surface area contributed by atoms with Crippen LogP contribution in [0.1, 0.15) is 56.0 Å². The van der Waals surface area contributed by atoms with Crippen LogP contribution in [0, 0.1) is 18.8 Å². The van der Waals surface area contributed by atoms with Crippen molar-refractivity contribution in [2.24, 2.45) is 17.6 Å². The number of fused-ring (bicyclic) bond motifs is 1. The normalized spacial score (nSPS) is 22.4. The molecule has 1 saturated heterocycles. The van der Waals surface area contributed by atoms with Gasteiger partial charge in [-0.3, -0.25) is 19.4 Å². The minimum Gasteiger partial charge on any atom is -0.367 e. The van der Waals surface area contributed by atoms with Gasteiger partial charge >= 0.3 is 0 Å². The molecule has 1 aliphatic carbocycles. The van der Waals surface area contributed by atoms with E-state index in [2.05, 4.69) is 22.4 Å². The smallest absolute Gasteiger partial charge is 0.247 e. The van der Waals surface area contributed by atoms with E-state index in [1.165, 1.54) is 16.0 Å². The van der Waals surface area contributed by atoms with E-state index in [-0.39, 0.29) is 23.7 Å². The van der Waals surface area contributed by atoms with Gasteiger partial charge in [0.2, 0.25) is 17.7 Å². The number of amides is 3. The third kappa shape index (κ3) is 3.87. The van der Waals surface area contributed by atoms with Gasteiger partial charge in [0.25, 0.3) is 0 Å². The molecule has 1 aromatic carbocycles. The van der Waals surface area contributed by atoms with E-state index in [1.807, 2.05) is 32.9 Å². The summed E-state index contributed by atoms with van der Waals surface area (Å²) < 4.78 is 0. The topological polar surface area (TPSA) is 105 Å². The Bertz CT molecular complexity index is 1070. The first kappa shape index (κ1) is 23.9. The van der Waals surface area contributed by atoms with E-state index in [4.69, 9.17) is 5.73 Å². The molecule has 2 aromatic rings. The van der Waals surface area contributed by atoms with Crippen molar-refractivity contribution in [1.82, 2.24) is 15.2 Å². The fraction of sp³-hybridized carbons (Fsp3) is 0.481. The van der Waals surface area contributed by atoms with Gasteiger partial charge in [0, 0.05) is 17.5 Å². The minimum absolute atomic E-state index is 0.0766. The maximum atomic E-state index is 14.2. The number of aromatic nitrogens is 1. The highest BCUT2D eigenvalue weighted by Gasteiger charge is 2.55. The number of nitrogens with one attached hydrogen (secondary N) is 1. The number of hydrogen-bond donors (Lipinski definition) is 2. The number of aryl methyl sites for hydroxylation is 1. The molecule has 1 aliphatic heterocycles. The largest absolute Gasteiger partial charge is 0.367 e. The van der Waals surface area contributed by atoms with Crippen LogP contribution in [0.4, 0.5) is 0 Å². The summed E-state index contributed by atoms with van der Waals surface area (Å²) in [6.45, 7) is 7.50. The zero-order valence-electron chi connectivity index (χ0n) is 20.4. The molecule has 3 atom stereocenters. The predicted molar refractivity (Wildman–Crippen MR) is 129 cm³/mol. The zero-order chi connectivity index (χ0) is 24.6. The highest BCUT2D eigenvalue weighted by molar-refractivity contribution is 6.01. The molecule has 2 heterocycles. The van der Waals surface area contributed by atoms with Gasteiger partial charge in [-0.15, -0.1) is 0 Å². The molecular formula is C27H34N4O3. The Balaban J connectivity index is 1.80. The summed E-state index contributed by atoms with van der Waals surface area (Å²) in [5.41, 5.74) is 8.19. The third-order valence-electron chi connectivity index (χ3n) is 7.83. The summed E-state index contributed by atoms with van der Waals surface area (Å²) in [6, 6.07) is 10.2. The van der Waals surface area contributed by atoms with Crippen LogP contribution in [0.2, 0.25) is 0 Å². The Morgan fingerprint density at radius 2 is 1.76 bits per heavy atom. The number of pyridine rings is 1. The molecule has 7 nitrogen and oxygen atoms in total. The lowest BCUT2D eigenvalue weighted by atomic mass is 9.80. The van der Waals surface area contributed by atoms with E-state index in [1.54, 1.807) is 25.3 Å². The minimum atomic E-state index is -1.51. The molecule has 3 N–H and O–H groups in total. The van der Waals surface area contributed by atoms with Crippen molar-refractivity contribution in [3.8, 4) is 0 Å². The van der Waals surface area contributed by atoms with Crippen molar-refractivity contribution in [2.75, 3.05) is 0 Å². The van der Waals surface area contributed by atoms with Gasteiger partial charge in [-0.1, -0.05) is 57.0 Å². The Morgan fingerprint density at radius 1 is 1.15 bits per heavy atom. The Morgan fingerprint density at radius 3 is 2.26 bits per heavy atom. The van der Waals surface area contributed by atoms with Gasteiger partial charge in [-0.25, -0.2) is 0 Å². The monoisotopic (exact) mass is 462 g/mol. The first-order valence-corrected chi connectivity index (χ1v) is 12.2. The van der Waals surface area contributed by atoms with E-state index in [9.17, 15) is 14.4 Å². The molecule has 7 heteroatoms. The van der Waals surface area contributed by atoms with E-state index >= 15 is 0 Å². The molecule has 180 valence electrons. The molecule has 1 fully saturated rings. The van der Waals surface area contributed by atoms with Crippen LogP contribution in [0.5, 0.6) is 0 Å². The average Bonchev–Trinajstić information content (AvgIpc) is 3.25. The van der Waals surface area contributed by atoms with Crippen LogP contribution in [-0.2, 0) is 32.8 Å². The molecule has 0 saturated carbocycles. The quantitative estimate of drug-likeness (QED) is 0.660. The number of carbonyl (C=O) groups is 3. The number of primary amides is 1. The lowest BCUT2D eigenvalue weighted by Gasteiger charge is -2.50. The van der Waals surface area contributed by atoms with E-state index in [0.717, 1.165) is 5.69 Å². The highest BCUT2D eigenvalue weighted by atomic mass is 16.2. The zero-order valence-corrected chi connectivity index (χ0v) is 20.4.